The van der Waals surface area contributed by atoms with Gasteiger partial charge in [0.2, 0.25) is 0 Å². The fourth-order valence-electron chi connectivity index (χ4n) is 2.77. The van der Waals surface area contributed by atoms with E-state index in [0.717, 1.165) is 6.54 Å². The van der Waals surface area contributed by atoms with Gasteiger partial charge in [0.1, 0.15) is 0 Å². The molecule has 0 amide bonds. The molecule has 2 heteroatoms. The van der Waals surface area contributed by atoms with E-state index in [2.05, 4.69) is 10.9 Å². The lowest BCUT2D eigenvalue weighted by Crippen LogP contribution is -2.50. The molecule has 2 N–H and O–H groups in total. The van der Waals surface area contributed by atoms with Gasteiger partial charge in [0.05, 0.1) is 0 Å². The molecule has 76 valence electrons. The molecule has 0 aromatic heterocycles. The standard InChI is InChI=1S/C11H22N2/c1-2-4-8-11(7-3-1)9-5-6-10-12-13-11/h12-13H,1-10H2. The second-order valence-electron chi connectivity index (χ2n) is 4.70. The van der Waals surface area contributed by atoms with Gasteiger partial charge in [0.15, 0.2) is 0 Å². The van der Waals surface area contributed by atoms with Crippen LogP contribution in [0, 0.1) is 0 Å². The Bertz CT molecular complexity index is 119. The van der Waals surface area contributed by atoms with Crippen LogP contribution in [0.4, 0.5) is 0 Å². The van der Waals surface area contributed by atoms with Crippen molar-refractivity contribution in [2.24, 2.45) is 0 Å². The van der Waals surface area contributed by atoms with Crippen LogP contribution < -0.4 is 10.9 Å². The quantitative estimate of drug-likeness (QED) is 0.601. The van der Waals surface area contributed by atoms with Crippen molar-refractivity contribution in [1.82, 2.24) is 10.9 Å². The Hall–Kier alpha value is -0.0800. The second kappa shape index (κ2) is 4.43. The third kappa shape index (κ3) is 2.44. The van der Waals surface area contributed by atoms with Gasteiger partial charge in [-0.05, 0) is 25.7 Å². The van der Waals surface area contributed by atoms with Crippen LogP contribution in [0.3, 0.4) is 0 Å². The summed E-state index contributed by atoms with van der Waals surface area (Å²) in [6, 6.07) is 0. The summed E-state index contributed by atoms with van der Waals surface area (Å²) in [6.07, 6.45) is 12.7. The van der Waals surface area contributed by atoms with Gasteiger partial charge < -0.3 is 0 Å². The summed E-state index contributed by atoms with van der Waals surface area (Å²) in [7, 11) is 0. The average molecular weight is 182 g/mol. The minimum absolute atomic E-state index is 0.465. The normalized spacial score (nSPS) is 29.5. The van der Waals surface area contributed by atoms with E-state index in [4.69, 9.17) is 0 Å². The molecule has 1 spiro atoms. The van der Waals surface area contributed by atoms with Gasteiger partial charge in [-0.1, -0.05) is 32.1 Å². The van der Waals surface area contributed by atoms with Crippen LogP contribution in [-0.4, -0.2) is 12.1 Å². The minimum atomic E-state index is 0.465. The highest BCUT2D eigenvalue weighted by molar-refractivity contribution is 4.89. The summed E-state index contributed by atoms with van der Waals surface area (Å²) in [5.41, 5.74) is 7.44. The summed E-state index contributed by atoms with van der Waals surface area (Å²) in [4.78, 5) is 0. The van der Waals surface area contributed by atoms with Crippen LogP contribution in [0.5, 0.6) is 0 Å². The second-order valence-corrected chi connectivity index (χ2v) is 4.70. The van der Waals surface area contributed by atoms with Crippen LogP contribution in [0.2, 0.25) is 0 Å². The highest BCUT2D eigenvalue weighted by Gasteiger charge is 2.30. The van der Waals surface area contributed by atoms with Crippen LogP contribution in [0.15, 0.2) is 0 Å². The molecule has 2 rings (SSSR count). The molecule has 1 saturated carbocycles. The summed E-state index contributed by atoms with van der Waals surface area (Å²) in [5, 5.41) is 0. The maximum atomic E-state index is 3.59. The molecule has 1 aliphatic heterocycles. The molecule has 2 nitrogen and oxygen atoms in total. The smallest absolute Gasteiger partial charge is 0.0323 e. The van der Waals surface area contributed by atoms with Crippen molar-refractivity contribution in [2.75, 3.05) is 6.54 Å². The molecule has 13 heavy (non-hydrogen) atoms. The molecule has 0 atom stereocenters. The Balaban J connectivity index is 1.97. The van der Waals surface area contributed by atoms with Crippen molar-refractivity contribution in [1.29, 1.82) is 0 Å². The third-order valence-electron chi connectivity index (χ3n) is 3.62. The van der Waals surface area contributed by atoms with Crippen LogP contribution in [0.1, 0.15) is 57.8 Å². The van der Waals surface area contributed by atoms with Crippen LogP contribution in [0.25, 0.3) is 0 Å². The number of rotatable bonds is 0. The predicted octanol–water partition coefficient (Wildman–Crippen LogP) is 2.36. The number of hydrazine groups is 1. The molecule has 1 aliphatic carbocycles. The molecule has 1 heterocycles. The first-order valence-corrected chi connectivity index (χ1v) is 5.91. The van der Waals surface area contributed by atoms with Crippen LogP contribution in [-0.2, 0) is 0 Å². The van der Waals surface area contributed by atoms with Gasteiger partial charge in [0, 0.05) is 12.1 Å². The van der Waals surface area contributed by atoms with Gasteiger partial charge in [-0.15, -0.1) is 0 Å². The fourth-order valence-corrected chi connectivity index (χ4v) is 2.77. The van der Waals surface area contributed by atoms with Crippen molar-refractivity contribution in [3.8, 4) is 0 Å². The molecular weight excluding hydrogens is 160 g/mol. The van der Waals surface area contributed by atoms with Gasteiger partial charge >= 0.3 is 0 Å². The summed E-state index contributed by atoms with van der Waals surface area (Å²) in [6.45, 7) is 1.15. The van der Waals surface area contributed by atoms with E-state index in [-0.39, 0.29) is 0 Å². The zero-order valence-electron chi connectivity index (χ0n) is 8.57. The molecule has 0 unspecified atom stereocenters. The lowest BCUT2D eigenvalue weighted by Gasteiger charge is -2.32. The fraction of sp³-hybridized carbons (Fsp3) is 1.00. The van der Waals surface area contributed by atoms with E-state index in [0.29, 0.717) is 5.54 Å². The molecule has 1 saturated heterocycles. The SMILES string of the molecule is C1CCCC2(CC1)CCCCNN2. The first-order chi connectivity index (χ1) is 6.41. The third-order valence-corrected chi connectivity index (χ3v) is 3.62. The van der Waals surface area contributed by atoms with E-state index < -0.39 is 0 Å². The average Bonchev–Trinajstić information content (AvgIpc) is 2.50. The Morgan fingerprint density at radius 3 is 2.00 bits per heavy atom. The van der Waals surface area contributed by atoms with Crippen molar-refractivity contribution in [3.63, 3.8) is 0 Å². The first kappa shape index (κ1) is 9.47. The van der Waals surface area contributed by atoms with Gasteiger partial charge in [-0.2, -0.15) is 0 Å². The maximum Gasteiger partial charge on any atom is 0.0323 e. The Kier molecular flexibility index (Phi) is 3.23. The molecule has 2 fully saturated rings. The minimum Gasteiger partial charge on any atom is -0.257 e. The summed E-state index contributed by atoms with van der Waals surface area (Å²) < 4.78 is 0. The maximum absolute atomic E-state index is 3.59. The van der Waals surface area contributed by atoms with Crippen LogP contribution >= 0.6 is 0 Å². The number of nitrogens with one attached hydrogen (secondary N) is 2. The Morgan fingerprint density at radius 1 is 0.692 bits per heavy atom. The lowest BCUT2D eigenvalue weighted by atomic mass is 9.86. The monoisotopic (exact) mass is 182 g/mol. The summed E-state index contributed by atoms with van der Waals surface area (Å²) >= 11 is 0. The topological polar surface area (TPSA) is 24.1 Å². The van der Waals surface area contributed by atoms with Gasteiger partial charge in [-0.25, -0.2) is 0 Å². The summed E-state index contributed by atoms with van der Waals surface area (Å²) in [5.74, 6) is 0. The van der Waals surface area contributed by atoms with Crippen molar-refractivity contribution in [2.45, 2.75) is 63.3 Å². The van der Waals surface area contributed by atoms with E-state index in [1.165, 1.54) is 57.8 Å². The van der Waals surface area contributed by atoms with E-state index >= 15 is 0 Å². The van der Waals surface area contributed by atoms with E-state index in [1.807, 2.05) is 0 Å². The highest BCUT2D eigenvalue weighted by Crippen LogP contribution is 2.31. The first-order valence-electron chi connectivity index (χ1n) is 5.91. The number of hydrogen-bond donors (Lipinski definition) is 2. The molecule has 2 aliphatic rings. The number of hydrogen-bond acceptors (Lipinski definition) is 2. The molecule has 0 aromatic rings. The lowest BCUT2D eigenvalue weighted by molar-refractivity contribution is 0.247. The van der Waals surface area contributed by atoms with E-state index in [9.17, 15) is 0 Å². The van der Waals surface area contributed by atoms with Crippen molar-refractivity contribution >= 4 is 0 Å². The zero-order chi connectivity index (χ0) is 8.99. The molecule has 0 bridgehead atoms. The largest absolute Gasteiger partial charge is 0.257 e. The molecular formula is C11H22N2. The van der Waals surface area contributed by atoms with E-state index in [1.54, 1.807) is 0 Å². The Labute approximate surface area is 81.4 Å². The van der Waals surface area contributed by atoms with Crippen molar-refractivity contribution in [3.05, 3.63) is 0 Å². The predicted molar refractivity (Wildman–Crippen MR) is 55.4 cm³/mol. The van der Waals surface area contributed by atoms with Gasteiger partial charge in [0.25, 0.3) is 0 Å². The molecule has 0 radical (unpaired) electrons. The Morgan fingerprint density at radius 2 is 1.31 bits per heavy atom. The molecule has 0 aromatic carbocycles. The van der Waals surface area contributed by atoms with Crippen molar-refractivity contribution < 1.29 is 0 Å². The zero-order valence-corrected chi connectivity index (χ0v) is 8.57. The van der Waals surface area contributed by atoms with Gasteiger partial charge in [-0.3, -0.25) is 10.9 Å². The highest BCUT2D eigenvalue weighted by atomic mass is 15.4.